The van der Waals surface area contributed by atoms with E-state index in [9.17, 15) is 9.59 Å². The number of nitrogens with zero attached hydrogens (tertiary/aromatic N) is 2. The molecule has 0 saturated carbocycles. The molecule has 0 bridgehead atoms. The van der Waals surface area contributed by atoms with Crippen molar-refractivity contribution in [1.82, 2.24) is 14.9 Å². The summed E-state index contributed by atoms with van der Waals surface area (Å²) in [5, 5.41) is 4.25. The second kappa shape index (κ2) is 10.1. The van der Waals surface area contributed by atoms with Gasteiger partial charge in [0.25, 0.3) is 5.56 Å². The van der Waals surface area contributed by atoms with E-state index in [0.29, 0.717) is 32.5 Å². The van der Waals surface area contributed by atoms with Gasteiger partial charge in [0.2, 0.25) is 5.91 Å². The number of carbonyl (C=O) groups excluding carboxylic acids is 1. The molecule has 3 aromatic carbocycles. The predicted molar refractivity (Wildman–Crippen MR) is 133 cm³/mol. The molecule has 1 unspecified atom stereocenters. The summed E-state index contributed by atoms with van der Waals surface area (Å²) < 4.78 is 6.70. The first kappa shape index (κ1) is 22.9. The summed E-state index contributed by atoms with van der Waals surface area (Å²) in [5.74, 6) is 0.454. The standard InChI is InChI=1S/C25H22ClN3O3S/c1-16(17-8-4-3-5-9-17)27-23(30)15-33-25-28-21-11-7-6-10-19(21)24(31)29(25)18-12-13-22(32-2)20(26)14-18/h3-14,16H,15H2,1-2H3,(H,27,30). The third-order valence-corrected chi connectivity index (χ3v) is 6.38. The zero-order valence-electron chi connectivity index (χ0n) is 18.1. The third kappa shape index (κ3) is 5.05. The van der Waals surface area contributed by atoms with Crippen molar-refractivity contribution in [3.63, 3.8) is 0 Å². The zero-order chi connectivity index (χ0) is 23.4. The van der Waals surface area contributed by atoms with Crippen LogP contribution in [-0.2, 0) is 4.79 Å². The Hall–Kier alpha value is -3.29. The van der Waals surface area contributed by atoms with Gasteiger partial charge in [-0.25, -0.2) is 4.98 Å². The number of ether oxygens (including phenoxy) is 1. The Morgan fingerprint density at radius 3 is 2.58 bits per heavy atom. The normalized spacial score (nSPS) is 11.8. The predicted octanol–water partition coefficient (Wildman–Crippen LogP) is 5.02. The summed E-state index contributed by atoms with van der Waals surface area (Å²) >= 11 is 7.51. The lowest BCUT2D eigenvalue weighted by molar-refractivity contribution is -0.119. The molecule has 0 aliphatic heterocycles. The third-order valence-electron chi connectivity index (χ3n) is 5.15. The molecule has 1 atom stereocenters. The minimum atomic E-state index is -0.234. The summed E-state index contributed by atoms with van der Waals surface area (Å²) in [6, 6.07) is 21.8. The van der Waals surface area contributed by atoms with Crippen molar-refractivity contribution in [2.45, 2.75) is 18.1 Å². The molecule has 1 aromatic heterocycles. The Kier molecular flexibility index (Phi) is 7.01. The first-order chi connectivity index (χ1) is 16.0. The van der Waals surface area contributed by atoms with Crippen molar-refractivity contribution in [3.05, 3.63) is 93.7 Å². The topological polar surface area (TPSA) is 73.2 Å². The maximum Gasteiger partial charge on any atom is 0.266 e. The Balaban J connectivity index is 1.65. The van der Waals surface area contributed by atoms with E-state index in [1.807, 2.05) is 43.3 Å². The molecular weight excluding hydrogens is 458 g/mol. The van der Waals surface area contributed by atoms with Crippen LogP contribution in [0.25, 0.3) is 16.6 Å². The minimum Gasteiger partial charge on any atom is -0.495 e. The molecule has 8 heteroatoms. The van der Waals surface area contributed by atoms with Crippen LogP contribution in [0.5, 0.6) is 5.75 Å². The minimum absolute atomic E-state index is 0.103. The number of halogens is 1. The van der Waals surface area contributed by atoms with E-state index in [1.165, 1.54) is 23.4 Å². The van der Waals surface area contributed by atoms with Gasteiger partial charge in [0.15, 0.2) is 5.16 Å². The molecule has 0 radical (unpaired) electrons. The Labute approximate surface area is 200 Å². The molecular formula is C25H22ClN3O3S. The number of hydrogen-bond acceptors (Lipinski definition) is 5. The molecule has 6 nitrogen and oxygen atoms in total. The smallest absolute Gasteiger partial charge is 0.266 e. The highest BCUT2D eigenvalue weighted by molar-refractivity contribution is 7.99. The molecule has 168 valence electrons. The summed E-state index contributed by atoms with van der Waals surface area (Å²) in [4.78, 5) is 30.7. The van der Waals surface area contributed by atoms with Gasteiger partial charge in [-0.05, 0) is 42.8 Å². The average Bonchev–Trinajstić information content (AvgIpc) is 2.83. The van der Waals surface area contributed by atoms with Crippen molar-refractivity contribution >= 4 is 40.2 Å². The van der Waals surface area contributed by atoms with Gasteiger partial charge in [-0.15, -0.1) is 0 Å². The number of thioether (sulfide) groups is 1. The number of nitrogens with one attached hydrogen (secondary N) is 1. The largest absolute Gasteiger partial charge is 0.495 e. The number of methoxy groups -OCH3 is 1. The van der Waals surface area contributed by atoms with E-state index in [4.69, 9.17) is 16.3 Å². The number of fused-ring (bicyclic) bond motifs is 1. The van der Waals surface area contributed by atoms with E-state index in [-0.39, 0.29) is 23.3 Å². The summed E-state index contributed by atoms with van der Waals surface area (Å²) in [5.41, 5.74) is 1.90. The zero-order valence-corrected chi connectivity index (χ0v) is 19.7. The molecule has 0 saturated heterocycles. The van der Waals surface area contributed by atoms with Gasteiger partial charge < -0.3 is 10.1 Å². The van der Waals surface area contributed by atoms with Crippen molar-refractivity contribution < 1.29 is 9.53 Å². The van der Waals surface area contributed by atoms with Crippen molar-refractivity contribution in [1.29, 1.82) is 0 Å². The molecule has 4 rings (SSSR count). The van der Waals surface area contributed by atoms with Crippen LogP contribution in [0.15, 0.2) is 82.7 Å². The van der Waals surface area contributed by atoms with Crippen molar-refractivity contribution in [2.75, 3.05) is 12.9 Å². The maximum atomic E-state index is 13.4. The van der Waals surface area contributed by atoms with Crippen LogP contribution >= 0.6 is 23.4 Å². The van der Waals surface area contributed by atoms with E-state index in [0.717, 1.165) is 5.56 Å². The molecule has 0 spiro atoms. The molecule has 1 N–H and O–H groups in total. The van der Waals surface area contributed by atoms with Gasteiger partial charge in [-0.2, -0.15) is 0 Å². The van der Waals surface area contributed by atoms with Gasteiger partial charge in [0, 0.05) is 0 Å². The fourth-order valence-electron chi connectivity index (χ4n) is 3.47. The van der Waals surface area contributed by atoms with E-state index >= 15 is 0 Å². The quantitative estimate of drug-likeness (QED) is 0.298. The number of rotatable bonds is 7. The van der Waals surface area contributed by atoms with Crippen LogP contribution < -0.4 is 15.6 Å². The second-order valence-electron chi connectivity index (χ2n) is 7.36. The van der Waals surface area contributed by atoms with Gasteiger partial charge >= 0.3 is 0 Å². The summed E-state index contributed by atoms with van der Waals surface area (Å²) in [6.07, 6.45) is 0. The highest BCUT2D eigenvalue weighted by Crippen LogP contribution is 2.28. The number of hydrogen-bond donors (Lipinski definition) is 1. The molecule has 1 heterocycles. The van der Waals surface area contributed by atoms with Crippen molar-refractivity contribution in [2.24, 2.45) is 0 Å². The fraction of sp³-hybridized carbons (Fsp3) is 0.160. The second-order valence-corrected chi connectivity index (χ2v) is 8.71. The lowest BCUT2D eigenvalue weighted by atomic mass is 10.1. The fourth-order valence-corrected chi connectivity index (χ4v) is 4.55. The van der Waals surface area contributed by atoms with Crippen LogP contribution in [0.2, 0.25) is 5.02 Å². The average molecular weight is 480 g/mol. The van der Waals surface area contributed by atoms with E-state index < -0.39 is 0 Å². The number of aromatic nitrogens is 2. The molecule has 0 aliphatic carbocycles. The monoisotopic (exact) mass is 479 g/mol. The first-order valence-electron chi connectivity index (χ1n) is 10.3. The molecule has 33 heavy (non-hydrogen) atoms. The highest BCUT2D eigenvalue weighted by atomic mass is 35.5. The van der Waals surface area contributed by atoms with Crippen LogP contribution in [0.1, 0.15) is 18.5 Å². The lowest BCUT2D eigenvalue weighted by Crippen LogP contribution is -2.29. The molecule has 0 aliphatic rings. The maximum absolute atomic E-state index is 13.4. The van der Waals surface area contributed by atoms with Crippen LogP contribution in [0.3, 0.4) is 0 Å². The van der Waals surface area contributed by atoms with Gasteiger partial charge in [-0.1, -0.05) is 65.8 Å². The summed E-state index contributed by atoms with van der Waals surface area (Å²) in [7, 11) is 1.53. The number of amides is 1. The van der Waals surface area contributed by atoms with E-state index in [1.54, 1.807) is 36.4 Å². The van der Waals surface area contributed by atoms with Crippen LogP contribution in [-0.4, -0.2) is 28.3 Å². The number of para-hydroxylation sites is 1. The lowest BCUT2D eigenvalue weighted by Gasteiger charge is -2.16. The van der Waals surface area contributed by atoms with Crippen LogP contribution in [0.4, 0.5) is 0 Å². The van der Waals surface area contributed by atoms with Crippen LogP contribution in [0, 0.1) is 0 Å². The Bertz CT molecular complexity index is 1360. The highest BCUT2D eigenvalue weighted by Gasteiger charge is 2.17. The van der Waals surface area contributed by atoms with Crippen molar-refractivity contribution in [3.8, 4) is 11.4 Å². The van der Waals surface area contributed by atoms with E-state index in [2.05, 4.69) is 10.3 Å². The Morgan fingerprint density at radius 2 is 1.85 bits per heavy atom. The molecule has 4 aromatic rings. The molecule has 1 amide bonds. The van der Waals surface area contributed by atoms with Gasteiger partial charge in [0.05, 0.1) is 40.5 Å². The first-order valence-corrected chi connectivity index (χ1v) is 11.7. The molecule has 0 fully saturated rings. The number of carbonyl (C=O) groups is 1. The number of benzene rings is 3. The summed E-state index contributed by atoms with van der Waals surface area (Å²) in [6.45, 7) is 1.93. The SMILES string of the molecule is COc1ccc(-n2c(SCC(=O)NC(C)c3ccccc3)nc3ccccc3c2=O)cc1Cl. The van der Waals surface area contributed by atoms with Gasteiger partial charge in [0.1, 0.15) is 5.75 Å². The van der Waals surface area contributed by atoms with Gasteiger partial charge in [-0.3, -0.25) is 14.2 Å². The Morgan fingerprint density at radius 1 is 1.12 bits per heavy atom.